The lowest BCUT2D eigenvalue weighted by Crippen LogP contribution is -2.21. The van der Waals surface area contributed by atoms with E-state index in [0.717, 1.165) is 11.9 Å². The fraction of sp³-hybridized carbons (Fsp3) is 0.182. The van der Waals surface area contributed by atoms with E-state index < -0.39 is 0 Å². The molecule has 0 saturated carbocycles. The smallest absolute Gasteiger partial charge is 0.0823 e. The van der Waals surface area contributed by atoms with Crippen LogP contribution in [0.2, 0.25) is 0 Å². The van der Waals surface area contributed by atoms with Crippen LogP contribution >= 0.6 is 11.8 Å². The summed E-state index contributed by atoms with van der Waals surface area (Å²) < 4.78 is 1.66. The van der Waals surface area contributed by atoms with Crippen LogP contribution in [0.1, 0.15) is 12.5 Å². The Hall–Kier alpha value is -1.08. The van der Waals surface area contributed by atoms with Crippen LogP contribution in [0.4, 0.5) is 0 Å². The minimum Gasteiger partial charge on any atom is -0.0823 e. The third-order valence-corrected chi connectivity index (χ3v) is 2.47. The van der Waals surface area contributed by atoms with Gasteiger partial charge >= 0.3 is 0 Å². The molecule has 0 bridgehead atoms. The minimum atomic E-state index is 1.01. The monoisotopic (exact) mass is 192 g/mol. The molecule has 2 aromatic rings. The first-order chi connectivity index (χ1) is 6.31. The quantitative estimate of drug-likeness (QED) is 0.654. The first kappa shape index (κ1) is 8.52. The van der Waals surface area contributed by atoms with E-state index in [4.69, 9.17) is 11.8 Å². The summed E-state index contributed by atoms with van der Waals surface area (Å²) in [5.41, 5.74) is 2.31. The zero-order chi connectivity index (χ0) is 9.26. The van der Waals surface area contributed by atoms with Crippen molar-refractivity contribution in [2.45, 2.75) is 13.3 Å². The van der Waals surface area contributed by atoms with Gasteiger partial charge in [0.2, 0.25) is 5.52 Å². The van der Waals surface area contributed by atoms with Gasteiger partial charge in [0, 0.05) is 17.0 Å². The van der Waals surface area contributed by atoms with E-state index in [-0.39, 0.29) is 0 Å². The van der Waals surface area contributed by atoms with Crippen LogP contribution in [0.5, 0.6) is 0 Å². The molecule has 1 aromatic heterocycles. The molecule has 0 aliphatic heterocycles. The Morgan fingerprint density at radius 1 is 1.31 bits per heavy atom. The van der Waals surface area contributed by atoms with Gasteiger partial charge in [0.15, 0.2) is 6.20 Å². The number of rotatable bonds is 1. The number of benzene rings is 1. The number of aryl methyl sites for hydroxylation is 1. The molecule has 1 heterocycles. The van der Waals surface area contributed by atoms with Crippen LogP contribution in [0.25, 0.3) is 10.9 Å². The predicted octanol–water partition coefficient (Wildman–Crippen LogP) is 2.69. The van der Waals surface area contributed by atoms with Gasteiger partial charge in [-0.05, 0) is 18.6 Å². The summed E-state index contributed by atoms with van der Waals surface area (Å²) >= 11 is 6.06. The Bertz CT molecular complexity index is 437. The summed E-state index contributed by atoms with van der Waals surface area (Å²) in [5.74, 6) is 0. The molecular formula is C11H11ClN+. The molecule has 2 heteroatoms. The van der Waals surface area contributed by atoms with E-state index in [0.29, 0.717) is 0 Å². The van der Waals surface area contributed by atoms with Crippen LogP contribution in [0.15, 0.2) is 36.5 Å². The Morgan fingerprint density at radius 3 is 2.85 bits per heavy atom. The number of halogens is 1. The van der Waals surface area contributed by atoms with Crippen molar-refractivity contribution in [3.63, 3.8) is 0 Å². The van der Waals surface area contributed by atoms with Crippen molar-refractivity contribution in [2.75, 3.05) is 0 Å². The normalized spacial score (nSPS) is 10.6. The maximum atomic E-state index is 6.06. The Labute approximate surface area is 82.7 Å². The molecule has 0 N–H and O–H groups in total. The standard InChI is InChI=1S/C11H11ClN/c1-2-9-7-10-5-3-4-6-11(10)13(12)8-9/h3-8H,2H2,1H3/q+1. The largest absolute Gasteiger partial charge is 0.268 e. The third-order valence-electron chi connectivity index (χ3n) is 2.20. The zero-order valence-electron chi connectivity index (χ0n) is 7.50. The summed E-state index contributed by atoms with van der Waals surface area (Å²) in [6, 6.07) is 10.3. The number of aromatic nitrogens is 1. The number of hydrogen-bond acceptors (Lipinski definition) is 0. The molecule has 13 heavy (non-hydrogen) atoms. The maximum Gasteiger partial charge on any atom is 0.268 e. The summed E-state index contributed by atoms with van der Waals surface area (Å²) in [7, 11) is 0. The lowest BCUT2D eigenvalue weighted by Gasteiger charge is -1.96. The highest BCUT2D eigenvalue weighted by Gasteiger charge is 2.07. The van der Waals surface area contributed by atoms with Gasteiger partial charge in [-0.3, -0.25) is 0 Å². The molecule has 0 radical (unpaired) electrons. The molecule has 0 fully saturated rings. The van der Waals surface area contributed by atoms with Gasteiger partial charge in [0.05, 0.1) is 0 Å². The average Bonchev–Trinajstić information content (AvgIpc) is 2.18. The van der Waals surface area contributed by atoms with Crippen molar-refractivity contribution >= 4 is 22.7 Å². The molecule has 66 valence electrons. The van der Waals surface area contributed by atoms with Crippen molar-refractivity contribution in [3.05, 3.63) is 42.1 Å². The highest BCUT2D eigenvalue weighted by molar-refractivity contribution is 6.06. The number of hydrogen-bond donors (Lipinski definition) is 0. The zero-order valence-corrected chi connectivity index (χ0v) is 8.25. The molecule has 0 unspecified atom stereocenters. The average molecular weight is 193 g/mol. The first-order valence-corrected chi connectivity index (χ1v) is 4.74. The van der Waals surface area contributed by atoms with Crippen LogP contribution in [0, 0.1) is 0 Å². The number of para-hydroxylation sites is 1. The van der Waals surface area contributed by atoms with Gasteiger partial charge in [0.25, 0.3) is 11.8 Å². The highest BCUT2D eigenvalue weighted by Crippen LogP contribution is 2.12. The van der Waals surface area contributed by atoms with Crippen LogP contribution in [-0.4, -0.2) is 0 Å². The second kappa shape index (κ2) is 3.35. The molecule has 0 aliphatic carbocycles. The van der Waals surface area contributed by atoms with Crippen LogP contribution in [0.3, 0.4) is 0 Å². The molecule has 0 saturated heterocycles. The summed E-state index contributed by atoms with van der Waals surface area (Å²) in [6.07, 6.45) is 2.97. The molecule has 1 aromatic carbocycles. The van der Waals surface area contributed by atoms with Gasteiger partial charge in [0.1, 0.15) is 0 Å². The van der Waals surface area contributed by atoms with E-state index >= 15 is 0 Å². The van der Waals surface area contributed by atoms with E-state index in [1.807, 2.05) is 24.4 Å². The third kappa shape index (κ3) is 1.52. The highest BCUT2D eigenvalue weighted by atomic mass is 35.5. The molecular weight excluding hydrogens is 182 g/mol. The fourth-order valence-corrected chi connectivity index (χ4v) is 1.73. The SMILES string of the molecule is CCc1cc2ccccc2[n+](Cl)c1. The number of nitrogens with zero attached hydrogens (tertiary/aromatic N) is 1. The molecule has 0 amide bonds. The van der Waals surface area contributed by atoms with Crippen molar-refractivity contribution < 1.29 is 4.09 Å². The van der Waals surface area contributed by atoms with Gasteiger partial charge in [-0.2, -0.15) is 0 Å². The van der Waals surface area contributed by atoms with E-state index in [2.05, 4.69) is 19.1 Å². The minimum absolute atomic E-state index is 1.01. The lowest BCUT2D eigenvalue weighted by molar-refractivity contribution is -0.489. The topological polar surface area (TPSA) is 3.88 Å². The van der Waals surface area contributed by atoms with Crippen molar-refractivity contribution in [1.29, 1.82) is 0 Å². The van der Waals surface area contributed by atoms with Crippen molar-refractivity contribution in [2.24, 2.45) is 0 Å². The summed E-state index contributed by atoms with van der Waals surface area (Å²) in [6.45, 7) is 2.13. The van der Waals surface area contributed by atoms with E-state index in [1.54, 1.807) is 4.09 Å². The van der Waals surface area contributed by atoms with Gasteiger partial charge < -0.3 is 0 Å². The Balaban J connectivity index is 2.77. The Kier molecular flexibility index (Phi) is 2.19. The molecule has 1 nitrogen and oxygen atoms in total. The number of fused-ring (bicyclic) bond motifs is 1. The molecule has 0 spiro atoms. The van der Waals surface area contributed by atoms with Crippen LogP contribution in [-0.2, 0) is 6.42 Å². The van der Waals surface area contributed by atoms with Gasteiger partial charge in [-0.1, -0.05) is 23.1 Å². The lowest BCUT2D eigenvalue weighted by atomic mass is 10.1. The second-order valence-electron chi connectivity index (χ2n) is 3.07. The van der Waals surface area contributed by atoms with E-state index in [1.165, 1.54) is 10.9 Å². The summed E-state index contributed by atoms with van der Waals surface area (Å²) in [5, 5.41) is 1.19. The van der Waals surface area contributed by atoms with Gasteiger partial charge in [-0.15, -0.1) is 0 Å². The predicted molar refractivity (Wildman–Crippen MR) is 54.8 cm³/mol. The number of pyridine rings is 1. The van der Waals surface area contributed by atoms with Crippen LogP contribution < -0.4 is 4.09 Å². The molecule has 0 aliphatic rings. The summed E-state index contributed by atoms with van der Waals surface area (Å²) in [4.78, 5) is 0. The second-order valence-corrected chi connectivity index (χ2v) is 3.44. The molecule has 0 atom stereocenters. The maximum absolute atomic E-state index is 6.06. The molecule has 2 rings (SSSR count). The fourth-order valence-electron chi connectivity index (χ4n) is 1.45. The van der Waals surface area contributed by atoms with Crippen molar-refractivity contribution in [3.8, 4) is 0 Å². The van der Waals surface area contributed by atoms with E-state index in [9.17, 15) is 0 Å². The van der Waals surface area contributed by atoms with Crippen molar-refractivity contribution in [1.82, 2.24) is 0 Å². The first-order valence-electron chi connectivity index (χ1n) is 4.40. The van der Waals surface area contributed by atoms with Gasteiger partial charge in [-0.25, -0.2) is 0 Å². The Morgan fingerprint density at radius 2 is 2.08 bits per heavy atom.